The number of anilines is 3. The molecule has 134 valence electrons. The lowest BCUT2D eigenvalue weighted by Gasteiger charge is -2.13. The average molecular weight is 352 g/mol. The highest BCUT2D eigenvalue weighted by Crippen LogP contribution is 2.24. The molecule has 0 saturated carbocycles. The molecule has 1 aliphatic heterocycles. The van der Waals surface area contributed by atoms with Crippen molar-refractivity contribution in [3.8, 4) is 0 Å². The standard InChI is InChI=1S/C17H20N8O/c1-10(2)25-11(3)21-12-9-20-15(8-13(12)25)22-14-4-5-18-16(23-14)24-7-6-19-17(24)26/h4-5,8-10H,6-7H2,1-3H3,(H,19,26)(H,18,20,22,23). The van der Waals surface area contributed by atoms with Gasteiger partial charge in [0.05, 0.1) is 11.7 Å². The zero-order chi connectivity index (χ0) is 18.3. The van der Waals surface area contributed by atoms with Gasteiger partial charge in [0.25, 0.3) is 0 Å². The van der Waals surface area contributed by atoms with Gasteiger partial charge in [-0.1, -0.05) is 0 Å². The van der Waals surface area contributed by atoms with Crippen molar-refractivity contribution in [2.45, 2.75) is 26.8 Å². The van der Waals surface area contributed by atoms with Crippen molar-refractivity contribution in [2.24, 2.45) is 0 Å². The summed E-state index contributed by atoms with van der Waals surface area (Å²) in [5, 5.41) is 5.93. The van der Waals surface area contributed by atoms with Crippen LogP contribution in [0, 0.1) is 6.92 Å². The van der Waals surface area contributed by atoms with E-state index >= 15 is 0 Å². The van der Waals surface area contributed by atoms with Gasteiger partial charge in [0.15, 0.2) is 0 Å². The Morgan fingerprint density at radius 1 is 1.23 bits per heavy atom. The maximum atomic E-state index is 11.8. The topological polar surface area (TPSA) is 101 Å². The number of nitrogens with one attached hydrogen (secondary N) is 2. The second kappa shape index (κ2) is 6.25. The monoisotopic (exact) mass is 352 g/mol. The van der Waals surface area contributed by atoms with E-state index in [9.17, 15) is 4.79 Å². The maximum Gasteiger partial charge on any atom is 0.324 e. The number of urea groups is 1. The number of fused-ring (bicyclic) bond motifs is 1. The minimum atomic E-state index is -0.182. The number of imidazole rings is 1. The molecule has 0 aliphatic carbocycles. The van der Waals surface area contributed by atoms with Crippen LogP contribution < -0.4 is 15.5 Å². The van der Waals surface area contributed by atoms with Crippen molar-refractivity contribution < 1.29 is 4.79 Å². The SMILES string of the molecule is Cc1nc2cnc(Nc3ccnc(N4CCNC4=O)n3)cc2n1C(C)C. The molecule has 0 radical (unpaired) electrons. The van der Waals surface area contributed by atoms with Crippen LogP contribution in [0.25, 0.3) is 11.0 Å². The third-order valence-electron chi connectivity index (χ3n) is 4.27. The molecule has 1 saturated heterocycles. The lowest BCUT2D eigenvalue weighted by atomic mass is 10.3. The number of carbonyl (C=O) groups is 1. The molecule has 1 fully saturated rings. The molecule has 3 aromatic heterocycles. The Morgan fingerprint density at radius 2 is 2.08 bits per heavy atom. The number of hydrogen-bond acceptors (Lipinski definition) is 6. The highest BCUT2D eigenvalue weighted by molar-refractivity contribution is 5.92. The van der Waals surface area contributed by atoms with Crippen molar-refractivity contribution in [1.29, 1.82) is 0 Å². The molecule has 9 heteroatoms. The first-order chi connectivity index (χ1) is 12.5. The summed E-state index contributed by atoms with van der Waals surface area (Å²) in [6, 6.07) is 3.82. The largest absolute Gasteiger partial charge is 0.336 e. The van der Waals surface area contributed by atoms with Crippen molar-refractivity contribution >= 4 is 34.6 Å². The minimum absolute atomic E-state index is 0.182. The molecule has 4 heterocycles. The highest BCUT2D eigenvalue weighted by Gasteiger charge is 2.23. The summed E-state index contributed by atoms with van der Waals surface area (Å²) in [5.74, 6) is 2.57. The number of hydrogen-bond donors (Lipinski definition) is 2. The number of rotatable bonds is 4. The summed E-state index contributed by atoms with van der Waals surface area (Å²) in [4.78, 5) is 30.9. The minimum Gasteiger partial charge on any atom is -0.336 e. The zero-order valence-corrected chi connectivity index (χ0v) is 14.9. The predicted octanol–water partition coefficient (Wildman–Crippen LogP) is 2.38. The molecule has 0 bridgehead atoms. The Hall–Kier alpha value is -3.23. The highest BCUT2D eigenvalue weighted by atomic mass is 16.2. The van der Waals surface area contributed by atoms with Gasteiger partial charge in [-0.15, -0.1) is 0 Å². The molecule has 0 unspecified atom stereocenters. The molecule has 1 aliphatic rings. The first kappa shape index (κ1) is 16.2. The third kappa shape index (κ3) is 2.81. The lowest BCUT2D eigenvalue weighted by molar-refractivity contribution is 0.252. The molecule has 2 N–H and O–H groups in total. The number of aromatic nitrogens is 5. The van der Waals surface area contributed by atoms with E-state index in [0.29, 0.717) is 36.7 Å². The molecule has 26 heavy (non-hydrogen) atoms. The van der Waals surface area contributed by atoms with Gasteiger partial charge in [0, 0.05) is 31.4 Å². The Morgan fingerprint density at radius 3 is 2.81 bits per heavy atom. The zero-order valence-electron chi connectivity index (χ0n) is 14.9. The van der Waals surface area contributed by atoms with E-state index in [1.54, 1.807) is 18.5 Å². The van der Waals surface area contributed by atoms with Gasteiger partial charge >= 0.3 is 6.03 Å². The van der Waals surface area contributed by atoms with Crippen molar-refractivity contribution in [2.75, 3.05) is 23.3 Å². The van der Waals surface area contributed by atoms with E-state index in [4.69, 9.17) is 0 Å². The predicted molar refractivity (Wildman–Crippen MR) is 98.7 cm³/mol. The van der Waals surface area contributed by atoms with Gasteiger partial charge in [0.2, 0.25) is 5.95 Å². The van der Waals surface area contributed by atoms with Crippen molar-refractivity contribution in [3.05, 3.63) is 30.4 Å². The molecular weight excluding hydrogens is 332 g/mol. The van der Waals surface area contributed by atoms with Crippen molar-refractivity contribution in [3.63, 3.8) is 0 Å². The fourth-order valence-electron chi connectivity index (χ4n) is 3.18. The Labute approximate surface area is 150 Å². The summed E-state index contributed by atoms with van der Waals surface area (Å²) in [6.07, 6.45) is 3.37. The third-order valence-corrected chi connectivity index (χ3v) is 4.27. The van der Waals surface area contributed by atoms with E-state index in [1.807, 2.05) is 13.0 Å². The van der Waals surface area contributed by atoms with Crippen LogP contribution in [-0.4, -0.2) is 43.6 Å². The number of nitrogens with zero attached hydrogens (tertiary/aromatic N) is 6. The quantitative estimate of drug-likeness (QED) is 0.748. The van der Waals surface area contributed by atoms with Crippen LogP contribution in [0.1, 0.15) is 25.7 Å². The van der Waals surface area contributed by atoms with E-state index in [-0.39, 0.29) is 6.03 Å². The van der Waals surface area contributed by atoms with Crippen LogP contribution in [0.5, 0.6) is 0 Å². The van der Waals surface area contributed by atoms with Crippen LogP contribution in [0.2, 0.25) is 0 Å². The van der Waals surface area contributed by atoms with Gasteiger partial charge in [0.1, 0.15) is 23.0 Å². The summed E-state index contributed by atoms with van der Waals surface area (Å²) >= 11 is 0. The Balaban J connectivity index is 1.65. The van der Waals surface area contributed by atoms with E-state index in [2.05, 4.69) is 49.0 Å². The molecule has 3 aromatic rings. The number of aryl methyl sites for hydroxylation is 1. The molecular formula is C17H20N8O. The number of amides is 2. The van der Waals surface area contributed by atoms with Crippen LogP contribution in [-0.2, 0) is 0 Å². The van der Waals surface area contributed by atoms with E-state index in [0.717, 1.165) is 16.9 Å². The van der Waals surface area contributed by atoms with Crippen LogP contribution in [0.15, 0.2) is 24.5 Å². The van der Waals surface area contributed by atoms with Gasteiger partial charge in [-0.2, -0.15) is 4.98 Å². The van der Waals surface area contributed by atoms with Crippen LogP contribution >= 0.6 is 0 Å². The van der Waals surface area contributed by atoms with Gasteiger partial charge in [-0.3, -0.25) is 4.90 Å². The summed E-state index contributed by atoms with van der Waals surface area (Å²) < 4.78 is 2.17. The van der Waals surface area contributed by atoms with E-state index < -0.39 is 0 Å². The molecule has 0 atom stereocenters. The van der Waals surface area contributed by atoms with Crippen LogP contribution in [0.3, 0.4) is 0 Å². The fraction of sp³-hybridized carbons (Fsp3) is 0.353. The van der Waals surface area contributed by atoms with Gasteiger partial charge < -0.3 is 15.2 Å². The summed E-state index contributed by atoms with van der Waals surface area (Å²) in [7, 11) is 0. The second-order valence-electron chi connectivity index (χ2n) is 6.43. The molecule has 0 aromatic carbocycles. The number of pyridine rings is 1. The van der Waals surface area contributed by atoms with E-state index in [1.165, 1.54) is 4.90 Å². The fourth-order valence-corrected chi connectivity index (χ4v) is 3.18. The summed E-state index contributed by atoms with van der Waals surface area (Å²) in [5.41, 5.74) is 1.88. The van der Waals surface area contributed by atoms with Gasteiger partial charge in [-0.25, -0.2) is 19.7 Å². The first-order valence-electron chi connectivity index (χ1n) is 8.53. The average Bonchev–Trinajstić information content (AvgIpc) is 3.17. The molecule has 0 spiro atoms. The smallest absolute Gasteiger partial charge is 0.324 e. The second-order valence-corrected chi connectivity index (χ2v) is 6.43. The maximum absolute atomic E-state index is 11.8. The molecule has 4 rings (SSSR count). The Bertz CT molecular complexity index is 980. The molecule has 9 nitrogen and oxygen atoms in total. The van der Waals surface area contributed by atoms with Crippen molar-refractivity contribution in [1.82, 2.24) is 29.8 Å². The summed E-state index contributed by atoms with van der Waals surface area (Å²) in [6.45, 7) is 7.39. The lowest BCUT2D eigenvalue weighted by Crippen LogP contribution is -2.29. The number of carbonyl (C=O) groups excluding carboxylic acids is 1. The molecule has 2 amide bonds. The Kier molecular flexibility index (Phi) is 3.90. The normalized spacial score (nSPS) is 14.3. The first-order valence-corrected chi connectivity index (χ1v) is 8.53. The van der Waals surface area contributed by atoms with Crippen LogP contribution in [0.4, 0.5) is 22.4 Å². The van der Waals surface area contributed by atoms with Gasteiger partial charge in [-0.05, 0) is 26.8 Å².